The normalized spacial score (nSPS) is 24.2. The first-order valence-corrected chi connectivity index (χ1v) is 21.2. The Morgan fingerprint density at radius 1 is 0.714 bits per heavy atom. The maximum absolute atomic E-state index is 14.5. The molecule has 10 nitrogen and oxygen atoms in total. The third kappa shape index (κ3) is 9.77. The van der Waals surface area contributed by atoms with Crippen LogP contribution in [0.4, 0.5) is 5.69 Å². The zero-order valence-electron chi connectivity index (χ0n) is 30.2. The highest BCUT2D eigenvalue weighted by molar-refractivity contribution is 7.89. The topological polar surface area (TPSA) is 93.7 Å². The van der Waals surface area contributed by atoms with E-state index < -0.39 is 20.2 Å². The zero-order chi connectivity index (χ0) is 35.0. The molecule has 0 N–H and O–H groups in total. The monoisotopic (exact) mass is 717 g/mol. The number of nitrogens with zero attached hydrogens (tertiary/aromatic N) is 5. The molecule has 274 valence electrons. The molecule has 2 heterocycles. The Labute approximate surface area is 296 Å². The molecule has 0 spiro atoms. The number of benzene rings is 2. The van der Waals surface area contributed by atoms with Crippen LogP contribution in [0.5, 0.6) is 5.75 Å². The van der Waals surface area contributed by atoms with E-state index in [0.717, 1.165) is 62.3 Å². The van der Waals surface area contributed by atoms with Gasteiger partial charge in [-0.2, -0.15) is 21.3 Å². The molecule has 0 bridgehead atoms. The molecule has 2 aliphatic heterocycles. The van der Waals surface area contributed by atoms with E-state index in [2.05, 4.69) is 4.90 Å². The Morgan fingerprint density at radius 3 is 2.00 bits per heavy atom. The number of sulfonamides is 1. The zero-order valence-corrected chi connectivity index (χ0v) is 31.8. The third-order valence-electron chi connectivity index (χ3n) is 10.6. The van der Waals surface area contributed by atoms with E-state index in [1.807, 2.05) is 62.3 Å². The predicted molar refractivity (Wildman–Crippen MR) is 198 cm³/mol. The molecule has 2 atom stereocenters. The molecule has 49 heavy (non-hydrogen) atoms. The van der Waals surface area contributed by atoms with Crippen LogP contribution < -0.4 is 9.64 Å². The highest BCUT2D eigenvalue weighted by Gasteiger charge is 2.36. The fourth-order valence-corrected chi connectivity index (χ4v) is 11.4. The molecule has 0 unspecified atom stereocenters. The van der Waals surface area contributed by atoms with Crippen molar-refractivity contribution in [2.24, 2.45) is 11.8 Å². The van der Waals surface area contributed by atoms with Gasteiger partial charge >= 0.3 is 0 Å². The van der Waals surface area contributed by atoms with Crippen LogP contribution in [0, 0.1) is 11.8 Å². The van der Waals surface area contributed by atoms with Gasteiger partial charge in [0.05, 0.1) is 12.0 Å². The maximum Gasteiger partial charge on any atom is 0.282 e. The summed E-state index contributed by atoms with van der Waals surface area (Å²) in [5.74, 6) is 1.30. The van der Waals surface area contributed by atoms with Crippen molar-refractivity contribution in [2.45, 2.75) is 75.5 Å². The summed E-state index contributed by atoms with van der Waals surface area (Å²) in [7, 11) is -2.05. The van der Waals surface area contributed by atoms with Crippen LogP contribution in [0.2, 0.25) is 0 Å². The number of hydrogen-bond donors (Lipinski definition) is 0. The molecule has 1 saturated carbocycles. The quantitative estimate of drug-likeness (QED) is 0.339. The van der Waals surface area contributed by atoms with Crippen LogP contribution in [-0.4, -0.2) is 115 Å². The fourth-order valence-electron chi connectivity index (χ4n) is 7.97. The molecule has 5 rings (SSSR count). The van der Waals surface area contributed by atoms with Crippen LogP contribution in [0.15, 0.2) is 53.4 Å². The van der Waals surface area contributed by atoms with E-state index in [1.165, 1.54) is 32.1 Å². The second-order valence-electron chi connectivity index (χ2n) is 14.7. The minimum Gasteiger partial charge on any atom is -0.496 e. The van der Waals surface area contributed by atoms with E-state index in [-0.39, 0.29) is 29.8 Å². The molecule has 12 heteroatoms. The van der Waals surface area contributed by atoms with Gasteiger partial charge in [0.25, 0.3) is 10.2 Å². The van der Waals surface area contributed by atoms with E-state index in [0.29, 0.717) is 32.1 Å². The average molecular weight is 718 g/mol. The number of anilines is 1. The van der Waals surface area contributed by atoms with Crippen LogP contribution in [0.3, 0.4) is 0 Å². The Kier molecular flexibility index (Phi) is 13.4. The lowest BCUT2D eigenvalue weighted by Gasteiger charge is -2.38. The first-order valence-electron chi connectivity index (χ1n) is 18.4. The standard InChI is InChI=1S/C37H59N5O5S2/c1-31-27-40(48(43,44)35-20-18-34(19-21-35)38(2)3)25-11-22-39(29-32-13-6-5-7-14-32)23-12-26-41(28-31)49(45,46)42-24-10-15-33(30-42)36-16-8-9-17-37(36)47-4/h8-9,16-21,31-33H,5-7,10-15,22-30H2,1-4H3/t31-,33+/m0/s1. The van der Waals surface area contributed by atoms with Gasteiger partial charge < -0.3 is 14.5 Å². The molecule has 0 amide bonds. The highest BCUT2D eigenvalue weighted by atomic mass is 32.2. The summed E-state index contributed by atoms with van der Waals surface area (Å²) < 4.78 is 67.8. The number of piperidine rings is 1. The molecular weight excluding hydrogens is 659 g/mol. The Morgan fingerprint density at radius 2 is 1.33 bits per heavy atom. The summed E-state index contributed by atoms with van der Waals surface area (Å²) in [6, 6.07) is 15.0. The van der Waals surface area contributed by atoms with Crippen LogP contribution in [0.25, 0.3) is 0 Å². The van der Waals surface area contributed by atoms with Gasteiger partial charge in [0.1, 0.15) is 5.75 Å². The Bertz CT molecular complexity index is 1550. The number of hydrogen-bond acceptors (Lipinski definition) is 7. The first-order chi connectivity index (χ1) is 23.5. The summed E-state index contributed by atoms with van der Waals surface area (Å²) in [6.45, 7) is 6.83. The molecule has 0 aromatic heterocycles. The summed E-state index contributed by atoms with van der Waals surface area (Å²) in [5, 5.41) is 0. The lowest BCUT2D eigenvalue weighted by atomic mass is 9.89. The summed E-state index contributed by atoms with van der Waals surface area (Å²) in [5.41, 5.74) is 1.98. The van der Waals surface area contributed by atoms with Crippen molar-refractivity contribution in [3.63, 3.8) is 0 Å². The number of methoxy groups -OCH3 is 1. The summed E-state index contributed by atoms with van der Waals surface area (Å²) in [4.78, 5) is 4.70. The average Bonchev–Trinajstić information content (AvgIpc) is 3.10. The van der Waals surface area contributed by atoms with Gasteiger partial charge in [-0.05, 0) is 99.3 Å². The molecule has 3 aliphatic rings. The van der Waals surface area contributed by atoms with Crippen LogP contribution >= 0.6 is 0 Å². The van der Waals surface area contributed by atoms with Gasteiger partial charge in [-0.25, -0.2) is 8.42 Å². The van der Waals surface area contributed by atoms with Crippen molar-refractivity contribution in [1.29, 1.82) is 0 Å². The van der Waals surface area contributed by atoms with Gasteiger partial charge in [0, 0.05) is 71.5 Å². The Hall–Kier alpha value is -2.22. The van der Waals surface area contributed by atoms with E-state index in [1.54, 1.807) is 32.2 Å². The van der Waals surface area contributed by atoms with Crippen molar-refractivity contribution in [2.75, 3.05) is 85.0 Å². The van der Waals surface area contributed by atoms with Gasteiger partial charge in [-0.3, -0.25) is 0 Å². The lowest BCUT2D eigenvalue weighted by molar-refractivity contribution is 0.178. The number of ether oxygens (including phenoxy) is 1. The van der Waals surface area contributed by atoms with Gasteiger partial charge in [0.2, 0.25) is 10.0 Å². The molecular formula is C37H59N5O5S2. The van der Waals surface area contributed by atoms with E-state index in [9.17, 15) is 16.8 Å². The minimum atomic E-state index is -3.80. The smallest absolute Gasteiger partial charge is 0.282 e. The first kappa shape index (κ1) is 38.0. The van der Waals surface area contributed by atoms with Crippen molar-refractivity contribution in [3.8, 4) is 5.75 Å². The van der Waals surface area contributed by atoms with E-state index in [4.69, 9.17) is 4.74 Å². The largest absolute Gasteiger partial charge is 0.496 e. The molecule has 1 aliphatic carbocycles. The van der Waals surface area contributed by atoms with Crippen molar-refractivity contribution < 1.29 is 21.6 Å². The fraction of sp³-hybridized carbons (Fsp3) is 0.676. The summed E-state index contributed by atoms with van der Waals surface area (Å²) in [6.07, 6.45) is 9.50. The van der Waals surface area contributed by atoms with E-state index >= 15 is 0 Å². The molecule has 0 radical (unpaired) electrons. The SMILES string of the molecule is COc1ccccc1[C@@H]1CCCN(S(=O)(=O)N2CCCN(CC3CCCCC3)CCCN(S(=O)(=O)c3ccc(N(C)C)cc3)C[C@H](C)C2)C1. The van der Waals surface area contributed by atoms with Gasteiger partial charge in [-0.1, -0.05) is 44.4 Å². The van der Waals surface area contributed by atoms with Crippen molar-refractivity contribution in [3.05, 3.63) is 54.1 Å². The Balaban J connectivity index is 1.38. The number of para-hydroxylation sites is 1. The second-order valence-corrected chi connectivity index (χ2v) is 18.5. The molecule has 2 saturated heterocycles. The second kappa shape index (κ2) is 17.3. The van der Waals surface area contributed by atoms with Crippen molar-refractivity contribution >= 4 is 25.9 Å². The molecule has 3 fully saturated rings. The van der Waals surface area contributed by atoms with Crippen LogP contribution in [0.1, 0.15) is 76.2 Å². The highest BCUT2D eigenvalue weighted by Crippen LogP contribution is 2.35. The molecule has 2 aromatic rings. The minimum absolute atomic E-state index is 0.0510. The van der Waals surface area contributed by atoms with Gasteiger partial charge in [-0.15, -0.1) is 0 Å². The van der Waals surface area contributed by atoms with Crippen molar-refractivity contribution in [1.82, 2.24) is 17.8 Å². The third-order valence-corrected chi connectivity index (χ3v) is 14.5. The van der Waals surface area contributed by atoms with Crippen LogP contribution in [-0.2, 0) is 20.2 Å². The molecule has 2 aromatic carbocycles. The summed E-state index contributed by atoms with van der Waals surface area (Å²) >= 11 is 0. The maximum atomic E-state index is 14.5. The number of rotatable bonds is 9. The predicted octanol–water partition coefficient (Wildman–Crippen LogP) is 5.49. The van der Waals surface area contributed by atoms with Gasteiger partial charge in [0.15, 0.2) is 0 Å². The lowest BCUT2D eigenvalue weighted by Crippen LogP contribution is -2.50.